The zero-order valence-corrected chi connectivity index (χ0v) is 22.2. The minimum absolute atomic E-state index is 0.162. The lowest BCUT2D eigenvalue weighted by Gasteiger charge is -2.07. The van der Waals surface area contributed by atoms with Crippen molar-refractivity contribution >= 4 is 57.2 Å². The van der Waals surface area contributed by atoms with Crippen molar-refractivity contribution in [3.63, 3.8) is 0 Å². The quantitative estimate of drug-likeness (QED) is 0.187. The highest BCUT2D eigenvalue weighted by atomic mass is 127. The largest absolute Gasteiger partial charge is 0.297 e. The zero-order chi connectivity index (χ0) is 23.7. The summed E-state index contributed by atoms with van der Waals surface area (Å²) >= 11 is 5.41. The van der Waals surface area contributed by atoms with Gasteiger partial charge in [0, 0.05) is 21.6 Å². The Morgan fingerprint density at radius 3 is 2.47 bits per heavy atom. The van der Waals surface area contributed by atoms with Gasteiger partial charge in [-0.25, -0.2) is 14.4 Å². The molecule has 9 heteroatoms. The van der Waals surface area contributed by atoms with Crippen LogP contribution in [0, 0.1) is 10.5 Å². The third kappa shape index (κ3) is 4.26. The average molecular weight is 598 g/mol. The van der Waals surface area contributed by atoms with Gasteiger partial charge >= 0.3 is 0 Å². The van der Waals surface area contributed by atoms with Crippen molar-refractivity contribution in [2.45, 2.75) is 6.92 Å². The molecular formula is C25H20IN5OS2. The Morgan fingerprint density at radius 1 is 0.971 bits per heavy atom. The number of hydrogen-bond donors (Lipinski definition) is 0. The van der Waals surface area contributed by atoms with Gasteiger partial charge in [0.2, 0.25) is 4.80 Å². The predicted octanol–water partition coefficient (Wildman–Crippen LogP) is 5.80. The van der Waals surface area contributed by atoms with Crippen LogP contribution < -0.4 is 10.4 Å². The van der Waals surface area contributed by atoms with Gasteiger partial charge in [-0.2, -0.15) is 5.10 Å². The molecule has 0 amide bonds. The number of thiazole rings is 1. The summed E-state index contributed by atoms with van der Waals surface area (Å²) in [5.74, 6) is 0. The lowest BCUT2D eigenvalue weighted by Crippen LogP contribution is -2.19. The SMILES string of the molecule is Cc1c(N=c2scc(-c3cccs3)n2N=Cc2ccccc2I)c(=O)n(-c2ccccc2)n1C. The van der Waals surface area contributed by atoms with Crippen LogP contribution in [-0.2, 0) is 7.05 Å². The maximum absolute atomic E-state index is 13.4. The molecule has 2 aromatic carbocycles. The molecule has 3 heterocycles. The molecule has 0 unspecified atom stereocenters. The molecule has 6 nitrogen and oxygen atoms in total. The summed E-state index contributed by atoms with van der Waals surface area (Å²) in [4.78, 5) is 19.9. The van der Waals surface area contributed by atoms with E-state index in [0.29, 0.717) is 10.5 Å². The molecule has 3 aromatic heterocycles. The van der Waals surface area contributed by atoms with E-state index in [4.69, 9.17) is 10.1 Å². The fourth-order valence-electron chi connectivity index (χ4n) is 3.56. The number of benzene rings is 2. The van der Waals surface area contributed by atoms with Gasteiger partial charge in [-0.1, -0.05) is 42.5 Å². The van der Waals surface area contributed by atoms with Crippen LogP contribution in [0.5, 0.6) is 0 Å². The number of thiophene rings is 1. The molecule has 0 bridgehead atoms. The Labute approximate surface area is 217 Å². The van der Waals surface area contributed by atoms with Crippen molar-refractivity contribution in [3.05, 3.63) is 107 Å². The van der Waals surface area contributed by atoms with Crippen LogP contribution in [0.3, 0.4) is 0 Å². The molecule has 34 heavy (non-hydrogen) atoms. The van der Waals surface area contributed by atoms with Gasteiger partial charge in [-0.05, 0) is 59.2 Å². The van der Waals surface area contributed by atoms with Crippen LogP contribution in [0.2, 0.25) is 0 Å². The number of hydrogen-bond acceptors (Lipinski definition) is 5. The van der Waals surface area contributed by atoms with Crippen molar-refractivity contribution < 1.29 is 0 Å². The van der Waals surface area contributed by atoms with Crippen molar-refractivity contribution in [2.75, 3.05) is 0 Å². The van der Waals surface area contributed by atoms with E-state index < -0.39 is 0 Å². The highest BCUT2D eigenvalue weighted by Crippen LogP contribution is 2.26. The van der Waals surface area contributed by atoms with Crippen molar-refractivity contribution in [3.8, 4) is 16.3 Å². The molecule has 5 aromatic rings. The topological polar surface area (TPSA) is 56.6 Å². The molecule has 0 saturated heterocycles. The maximum Gasteiger partial charge on any atom is 0.297 e. The summed E-state index contributed by atoms with van der Waals surface area (Å²) in [5.41, 5.74) is 3.79. The summed E-state index contributed by atoms with van der Waals surface area (Å²) in [5, 5.41) is 8.86. The van der Waals surface area contributed by atoms with E-state index in [0.717, 1.165) is 31.1 Å². The van der Waals surface area contributed by atoms with Gasteiger partial charge < -0.3 is 0 Å². The molecule has 0 fully saturated rings. The van der Waals surface area contributed by atoms with Gasteiger partial charge in [0.15, 0.2) is 5.69 Å². The maximum atomic E-state index is 13.4. The summed E-state index contributed by atoms with van der Waals surface area (Å²) in [6.45, 7) is 1.91. The number of para-hydroxylation sites is 1. The second-order valence-electron chi connectivity index (χ2n) is 7.48. The second kappa shape index (κ2) is 9.69. The Bertz CT molecular complexity index is 1610. The molecule has 0 aliphatic carbocycles. The highest BCUT2D eigenvalue weighted by Gasteiger charge is 2.17. The van der Waals surface area contributed by atoms with E-state index in [1.165, 1.54) is 11.3 Å². The molecule has 0 radical (unpaired) electrons. The van der Waals surface area contributed by atoms with E-state index >= 15 is 0 Å². The summed E-state index contributed by atoms with van der Waals surface area (Å²) < 4.78 is 6.41. The normalized spacial score (nSPS) is 12.1. The lowest BCUT2D eigenvalue weighted by atomic mass is 10.2. The molecule has 0 aliphatic heterocycles. The third-order valence-corrected chi connectivity index (χ3v) is 8.10. The van der Waals surface area contributed by atoms with Crippen molar-refractivity contribution in [1.29, 1.82) is 0 Å². The Kier molecular flexibility index (Phi) is 6.48. The van der Waals surface area contributed by atoms with E-state index in [1.807, 2.05) is 101 Å². The molecule has 170 valence electrons. The highest BCUT2D eigenvalue weighted by molar-refractivity contribution is 14.1. The first kappa shape index (κ1) is 22.8. The second-order valence-corrected chi connectivity index (χ2v) is 10.4. The summed E-state index contributed by atoms with van der Waals surface area (Å²) in [6, 6.07) is 21.7. The van der Waals surface area contributed by atoms with Crippen LogP contribution in [0.25, 0.3) is 16.3 Å². The minimum atomic E-state index is -0.162. The summed E-state index contributed by atoms with van der Waals surface area (Å²) in [7, 11) is 1.87. The molecule has 0 spiro atoms. The first-order valence-corrected chi connectivity index (χ1v) is 13.3. The first-order chi connectivity index (χ1) is 16.5. The number of halogens is 1. The first-order valence-electron chi connectivity index (χ1n) is 10.5. The summed E-state index contributed by atoms with van der Waals surface area (Å²) in [6.07, 6.45) is 1.84. The zero-order valence-electron chi connectivity index (χ0n) is 18.4. The lowest BCUT2D eigenvalue weighted by molar-refractivity contribution is 0.630. The smallest absolute Gasteiger partial charge is 0.283 e. The van der Waals surface area contributed by atoms with Crippen LogP contribution >= 0.6 is 45.3 Å². The molecule has 5 rings (SSSR count). The van der Waals surface area contributed by atoms with Gasteiger partial charge in [0.25, 0.3) is 5.56 Å². The number of aromatic nitrogens is 3. The monoisotopic (exact) mass is 597 g/mol. The van der Waals surface area contributed by atoms with Crippen molar-refractivity contribution in [2.24, 2.45) is 17.1 Å². The van der Waals surface area contributed by atoms with Gasteiger partial charge in [-0.15, -0.1) is 22.7 Å². The van der Waals surface area contributed by atoms with Crippen LogP contribution in [-0.4, -0.2) is 20.3 Å². The fraction of sp³-hybridized carbons (Fsp3) is 0.0800. The van der Waals surface area contributed by atoms with Crippen LogP contribution in [0.1, 0.15) is 11.3 Å². The number of nitrogens with zero attached hydrogens (tertiary/aromatic N) is 5. The van der Waals surface area contributed by atoms with Gasteiger partial charge in [0.05, 0.1) is 28.2 Å². The molecule has 0 saturated carbocycles. The van der Waals surface area contributed by atoms with Crippen LogP contribution in [0.4, 0.5) is 5.69 Å². The Morgan fingerprint density at radius 2 is 1.74 bits per heavy atom. The van der Waals surface area contributed by atoms with Crippen LogP contribution in [0.15, 0.2) is 92.4 Å². The van der Waals surface area contributed by atoms with E-state index in [2.05, 4.69) is 28.7 Å². The average Bonchev–Trinajstić information content (AvgIpc) is 3.56. The molecule has 0 aliphatic rings. The van der Waals surface area contributed by atoms with Gasteiger partial charge in [0.1, 0.15) is 0 Å². The van der Waals surface area contributed by atoms with E-state index in [9.17, 15) is 4.79 Å². The van der Waals surface area contributed by atoms with E-state index in [-0.39, 0.29) is 5.56 Å². The number of rotatable bonds is 5. The third-order valence-electron chi connectivity index (χ3n) is 5.41. The van der Waals surface area contributed by atoms with E-state index in [1.54, 1.807) is 16.0 Å². The molecular weight excluding hydrogens is 577 g/mol. The standard InChI is InChI=1S/C25H20IN5OS2/c1-17-23(24(32)31(29(17)2)19-10-4-3-5-11-19)28-25-30(21(16-34-25)22-13-8-14-33-22)27-15-18-9-6-7-12-20(18)26/h3-16H,1-2H3. The Balaban J connectivity index is 1.69. The predicted molar refractivity (Wildman–Crippen MR) is 149 cm³/mol. The Hall–Kier alpha value is -3.02. The minimum Gasteiger partial charge on any atom is -0.283 e. The molecule has 0 atom stereocenters. The fourth-order valence-corrected chi connectivity index (χ4v) is 5.72. The van der Waals surface area contributed by atoms with Crippen molar-refractivity contribution in [1.82, 2.24) is 14.0 Å². The molecule has 0 N–H and O–H groups in total. The van der Waals surface area contributed by atoms with Gasteiger partial charge in [-0.3, -0.25) is 9.48 Å².